The molecule has 2 heterocycles. The van der Waals surface area contributed by atoms with E-state index in [1.807, 2.05) is 47.9 Å². The molecule has 31 heavy (non-hydrogen) atoms. The molecule has 1 amide bonds. The van der Waals surface area contributed by atoms with Gasteiger partial charge in [-0.3, -0.25) is 14.3 Å². The summed E-state index contributed by atoms with van der Waals surface area (Å²) in [5, 5.41) is 12.0. The molecule has 0 bridgehead atoms. The van der Waals surface area contributed by atoms with Gasteiger partial charge >= 0.3 is 0 Å². The maximum Gasteiger partial charge on any atom is 0.230 e. The van der Waals surface area contributed by atoms with Crippen LogP contribution < -0.4 is 5.32 Å². The molecule has 0 radical (unpaired) electrons. The topological polar surface area (TPSA) is 72.7 Å². The number of amides is 1. The number of carbonyl (C=O) groups is 1. The molecule has 0 aliphatic rings. The monoisotopic (exact) mass is 433 g/mol. The number of nitrogens with one attached hydrogen (secondary N) is 1. The van der Waals surface area contributed by atoms with Crippen LogP contribution >= 0.6 is 11.8 Å². The molecule has 4 aromatic rings. The van der Waals surface area contributed by atoms with Crippen LogP contribution in [0.3, 0.4) is 0 Å². The summed E-state index contributed by atoms with van der Waals surface area (Å²) in [5.41, 5.74) is 3.36. The summed E-state index contributed by atoms with van der Waals surface area (Å²) in [5.74, 6) is 0.253. The fourth-order valence-corrected chi connectivity index (χ4v) is 3.78. The van der Waals surface area contributed by atoms with Gasteiger partial charge in [-0.1, -0.05) is 47.7 Å². The lowest BCUT2D eigenvalue weighted by Crippen LogP contribution is -2.25. The number of hydrogen-bond acceptors (Lipinski definition) is 5. The van der Waals surface area contributed by atoms with Gasteiger partial charge in [0.15, 0.2) is 11.0 Å². The van der Waals surface area contributed by atoms with Gasteiger partial charge in [0.2, 0.25) is 5.91 Å². The van der Waals surface area contributed by atoms with E-state index in [9.17, 15) is 9.18 Å². The third kappa shape index (κ3) is 4.97. The number of rotatable bonds is 7. The van der Waals surface area contributed by atoms with Crippen LogP contribution in [0.2, 0.25) is 0 Å². The van der Waals surface area contributed by atoms with E-state index < -0.39 is 0 Å². The van der Waals surface area contributed by atoms with E-state index in [0.29, 0.717) is 16.5 Å². The molecule has 0 unspecified atom stereocenters. The van der Waals surface area contributed by atoms with E-state index in [4.69, 9.17) is 0 Å². The zero-order chi connectivity index (χ0) is 21.6. The molecule has 156 valence electrons. The van der Waals surface area contributed by atoms with Crippen molar-refractivity contribution in [1.29, 1.82) is 0 Å². The quantitative estimate of drug-likeness (QED) is 0.443. The lowest BCUT2D eigenvalue weighted by Gasteiger charge is -2.11. The van der Waals surface area contributed by atoms with Crippen LogP contribution in [0.1, 0.15) is 11.1 Å². The Balaban J connectivity index is 1.53. The number of carbonyl (C=O) groups excluding carboxylic acids is 1. The Bertz CT molecular complexity index is 1180. The first kappa shape index (κ1) is 20.7. The minimum atomic E-state index is -0.337. The van der Waals surface area contributed by atoms with Crippen LogP contribution in [0.4, 0.5) is 4.39 Å². The molecule has 0 atom stereocenters. The average molecular weight is 434 g/mol. The number of benzene rings is 2. The molecule has 0 fully saturated rings. The van der Waals surface area contributed by atoms with Crippen LogP contribution in [0.15, 0.2) is 78.2 Å². The number of halogens is 1. The van der Waals surface area contributed by atoms with Crippen LogP contribution in [0.5, 0.6) is 0 Å². The number of pyridine rings is 1. The number of hydrogen-bond donors (Lipinski definition) is 1. The van der Waals surface area contributed by atoms with Crippen molar-refractivity contribution in [2.75, 3.05) is 5.75 Å². The second-order valence-electron chi connectivity index (χ2n) is 6.87. The van der Waals surface area contributed by atoms with Crippen molar-refractivity contribution in [2.24, 2.45) is 0 Å². The highest BCUT2D eigenvalue weighted by molar-refractivity contribution is 7.99. The molecule has 4 rings (SSSR count). The fourth-order valence-electron chi connectivity index (χ4n) is 2.99. The second kappa shape index (κ2) is 9.53. The van der Waals surface area contributed by atoms with Gasteiger partial charge in [0.1, 0.15) is 5.82 Å². The summed E-state index contributed by atoms with van der Waals surface area (Å²) in [4.78, 5) is 16.4. The van der Waals surface area contributed by atoms with E-state index >= 15 is 0 Å². The van der Waals surface area contributed by atoms with Gasteiger partial charge in [-0.2, -0.15) is 0 Å². The summed E-state index contributed by atoms with van der Waals surface area (Å²) in [6, 6.07) is 18.1. The summed E-state index contributed by atoms with van der Waals surface area (Å²) in [7, 11) is 0. The number of nitrogens with zero attached hydrogens (tertiary/aromatic N) is 4. The van der Waals surface area contributed by atoms with Crippen molar-refractivity contribution in [3.05, 3.63) is 90.0 Å². The van der Waals surface area contributed by atoms with Crippen molar-refractivity contribution < 1.29 is 9.18 Å². The Labute approximate surface area is 183 Å². The summed E-state index contributed by atoms with van der Waals surface area (Å²) < 4.78 is 15.7. The van der Waals surface area contributed by atoms with Crippen LogP contribution in [-0.4, -0.2) is 31.4 Å². The highest BCUT2D eigenvalue weighted by Gasteiger charge is 2.17. The first-order valence-electron chi connectivity index (χ1n) is 9.67. The molecule has 0 aliphatic carbocycles. The standard InChI is InChI=1S/C23H20FN5OS/c1-16-6-8-19(9-7-16)29-22(17-10-12-25-13-11-17)27-28-23(29)31-15-21(30)26-14-18-4-2-3-5-20(18)24/h2-13H,14-15H2,1H3,(H,26,30). The average Bonchev–Trinajstić information content (AvgIpc) is 3.22. The van der Waals surface area contributed by atoms with Crippen molar-refractivity contribution in [3.63, 3.8) is 0 Å². The SMILES string of the molecule is Cc1ccc(-n2c(SCC(=O)NCc3ccccc3F)nnc2-c2ccncc2)cc1. The predicted molar refractivity (Wildman–Crippen MR) is 118 cm³/mol. The molecule has 1 N–H and O–H groups in total. The summed E-state index contributed by atoms with van der Waals surface area (Å²) in [6.07, 6.45) is 3.40. The molecule has 0 aliphatic heterocycles. The van der Waals surface area contributed by atoms with Crippen molar-refractivity contribution in [2.45, 2.75) is 18.6 Å². The highest BCUT2D eigenvalue weighted by Crippen LogP contribution is 2.27. The van der Waals surface area contributed by atoms with Gasteiger partial charge in [-0.15, -0.1) is 10.2 Å². The third-order valence-corrected chi connectivity index (χ3v) is 5.56. The maximum atomic E-state index is 13.7. The molecule has 8 heteroatoms. The van der Waals surface area contributed by atoms with Crippen molar-refractivity contribution >= 4 is 17.7 Å². The zero-order valence-electron chi connectivity index (χ0n) is 16.8. The largest absolute Gasteiger partial charge is 0.351 e. The molecule has 2 aromatic carbocycles. The van der Waals surface area contributed by atoms with E-state index in [0.717, 1.165) is 16.8 Å². The summed E-state index contributed by atoms with van der Waals surface area (Å²) >= 11 is 1.28. The molecule has 6 nitrogen and oxygen atoms in total. The fraction of sp³-hybridized carbons (Fsp3) is 0.130. The zero-order valence-corrected chi connectivity index (χ0v) is 17.6. The molecule has 0 spiro atoms. The predicted octanol–water partition coefficient (Wildman–Crippen LogP) is 4.19. The van der Waals surface area contributed by atoms with Crippen LogP contribution in [0.25, 0.3) is 17.1 Å². The van der Waals surface area contributed by atoms with Gasteiger partial charge in [0.25, 0.3) is 0 Å². The van der Waals surface area contributed by atoms with Crippen LogP contribution in [0, 0.1) is 12.7 Å². The molecular weight excluding hydrogens is 413 g/mol. The number of aromatic nitrogens is 4. The third-order valence-electron chi connectivity index (χ3n) is 4.63. The minimum Gasteiger partial charge on any atom is -0.351 e. The van der Waals surface area contributed by atoms with Gasteiger partial charge in [-0.25, -0.2) is 4.39 Å². The summed E-state index contributed by atoms with van der Waals surface area (Å²) in [6.45, 7) is 2.16. The van der Waals surface area contributed by atoms with E-state index in [1.165, 1.54) is 17.8 Å². The normalized spacial score (nSPS) is 10.8. The Hall–Kier alpha value is -3.52. The highest BCUT2D eigenvalue weighted by atomic mass is 32.2. The van der Waals surface area contributed by atoms with Gasteiger partial charge in [0.05, 0.1) is 5.75 Å². The Morgan fingerprint density at radius 2 is 1.77 bits per heavy atom. The first-order valence-corrected chi connectivity index (χ1v) is 10.7. The van der Waals surface area contributed by atoms with Crippen molar-refractivity contribution in [3.8, 4) is 17.1 Å². The molecule has 0 saturated heterocycles. The number of thioether (sulfide) groups is 1. The van der Waals surface area contributed by atoms with E-state index in [-0.39, 0.29) is 24.0 Å². The lowest BCUT2D eigenvalue weighted by atomic mass is 10.2. The number of aryl methyl sites for hydroxylation is 1. The smallest absolute Gasteiger partial charge is 0.230 e. The second-order valence-corrected chi connectivity index (χ2v) is 7.81. The van der Waals surface area contributed by atoms with Gasteiger partial charge in [-0.05, 0) is 37.3 Å². The minimum absolute atomic E-state index is 0.134. The lowest BCUT2D eigenvalue weighted by molar-refractivity contribution is -0.118. The Morgan fingerprint density at radius 1 is 1.03 bits per heavy atom. The Morgan fingerprint density at radius 3 is 2.52 bits per heavy atom. The first-order chi connectivity index (χ1) is 15.1. The molecular formula is C23H20FN5OS. The van der Waals surface area contributed by atoms with E-state index in [1.54, 1.807) is 30.6 Å². The van der Waals surface area contributed by atoms with Crippen LogP contribution in [-0.2, 0) is 11.3 Å². The van der Waals surface area contributed by atoms with Gasteiger partial charge < -0.3 is 5.32 Å². The molecule has 0 saturated carbocycles. The van der Waals surface area contributed by atoms with E-state index in [2.05, 4.69) is 20.5 Å². The molecule has 2 aromatic heterocycles. The van der Waals surface area contributed by atoms with Crippen molar-refractivity contribution in [1.82, 2.24) is 25.1 Å². The Kier molecular flexibility index (Phi) is 6.37. The maximum absolute atomic E-state index is 13.7. The van der Waals surface area contributed by atoms with Gasteiger partial charge in [0, 0.05) is 35.8 Å².